The van der Waals surface area contributed by atoms with Crippen LogP contribution in [0.4, 0.5) is 5.69 Å². The second-order valence-corrected chi connectivity index (χ2v) is 5.59. The number of anilines is 1. The highest BCUT2D eigenvalue weighted by atomic mass is 16.5. The summed E-state index contributed by atoms with van der Waals surface area (Å²) in [5, 5.41) is 2.80. The Balaban J connectivity index is 2.23. The van der Waals surface area contributed by atoms with Crippen molar-refractivity contribution in [2.24, 2.45) is 5.73 Å². The number of carbonyl (C=O) groups excluding carboxylic acids is 1. The van der Waals surface area contributed by atoms with E-state index in [1.807, 2.05) is 49.4 Å². The quantitative estimate of drug-likeness (QED) is 0.903. The van der Waals surface area contributed by atoms with Gasteiger partial charge in [0.15, 0.2) is 5.75 Å². The highest BCUT2D eigenvalue weighted by Gasteiger charge is 2.22. The van der Waals surface area contributed by atoms with Crippen molar-refractivity contribution in [3.63, 3.8) is 0 Å². The number of amides is 1. The van der Waals surface area contributed by atoms with E-state index in [9.17, 15) is 4.79 Å². The number of aryl methyl sites for hydroxylation is 1. The summed E-state index contributed by atoms with van der Waals surface area (Å²) < 4.78 is 5.85. The van der Waals surface area contributed by atoms with Crippen LogP contribution in [0.25, 0.3) is 0 Å². The molecule has 0 radical (unpaired) electrons. The lowest BCUT2D eigenvalue weighted by Crippen LogP contribution is -2.45. The van der Waals surface area contributed by atoms with E-state index in [2.05, 4.69) is 5.32 Å². The Hall–Kier alpha value is -2.33. The molecule has 0 fully saturated rings. The number of rotatable bonds is 4. The van der Waals surface area contributed by atoms with E-state index in [1.54, 1.807) is 19.9 Å². The van der Waals surface area contributed by atoms with E-state index in [0.29, 0.717) is 11.4 Å². The van der Waals surface area contributed by atoms with Crippen LogP contribution in [0.1, 0.15) is 19.4 Å². The van der Waals surface area contributed by atoms with E-state index < -0.39 is 5.54 Å². The van der Waals surface area contributed by atoms with Crippen LogP contribution in [-0.4, -0.2) is 11.4 Å². The van der Waals surface area contributed by atoms with Crippen LogP contribution in [0.2, 0.25) is 0 Å². The molecule has 3 N–H and O–H groups in total. The van der Waals surface area contributed by atoms with Crippen molar-refractivity contribution in [3.05, 3.63) is 54.1 Å². The lowest BCUT2D eigenvalue weighted by atomic mass is 10.1. The molecule has 2 aromatic carbocycles. The van der Waals surface area contributed by atoms with Crippen molar-refractivity contribution in [3.8, 4) is 11.5 Å². The van der Waals surface area contributed by atoms with Gasteiger partial charge in [0.1, 0.15) is 5.75 Å². The first-order valence-corrected chi connectivity index (χ1v) is 6.80. The van der Waals surface area contributed by atoms with Crippen LogP contribution in [-0.2, 0) is 4.79 Å². The molecule has 21 heavy (non-hydrogen) atoms. The summed E-state index contributed by atoms with van der Waals surface area (Å²) in [5.74, 6) is 1.05. The van der Waals surface area contributed by atoms with Crippen LogP contribution >= 0.6 is 0 Å². The molecule has 0 aliphatic heterocycles. The zero-order chi connectivity index (χ0) is 15.5. The van der Waals surface area contributed by atoms with E-state index in [-0.39, 0.29) is 5.91 Å². The molecule has 4 heteroatoms. The van der Waals surface area contributed by atoms with E-state index in [4.69, 9.17) is 10.5 Å². The van der Waals surface area contributed by atoms with Gasteiger partial charge in [-0.05, 0) is 50.6 Å². The minimum Gasteiger partial charge on any atom is -0.455 e. The number of hydrogen-bond acceptors (Lipinski definition) is 3. The lowest BCUT2D eigenvalue weighted by molar-refractivity contribution is -0.120. The van der Waals surface area contributed by atoms with Crippen LogP contribution in [0, 0.1) is 6.92 Å². The third-order valence-electron chi connectivity index (χ3n) is 2.94. The summed E-state index contributed by atoms with van der Waals surface area (Å²) in [6.45, 7) is 5.32. The number of benzene rings is 2. The zero-order valence-electron chi connectivity index (χ0n) is 12.5. The van der Waals surface area contributed by atoms with Crippen LogP contribution in [0.5, 0.6) is 11.5 Å². The number of para-hydroxylation sites is 2. The van der Waals surface area contributed by atoms with E-state index >= 15 is 0 Å². The first kappa shape index (κ1) is 15.1. The minimum atomic E-state index is -0.948. The van der Waals surface area contributed by atoms with Crippen molar-refractivity contribution in [1.29, 1.82) is 0 Å². The van der Waals surface area contributed by atoms with Gasteiger partial charge in [-0.3, -0.25) is 4.79 Å². The summed E-state index contributed by atoms with van der Waals surface area (Å²) in [7, 11) is 0. The third kappa shape index (κ3) is 4.07. The molecule has 0 aliphatic rings. The Bertz CT molecular complexity index is 645. The summed E-state index contributed by atoms with van der Waals surface area (Å²) >= 11 is 0. The van der Waals surface area contributed by atoms with E-state index in [0.717, 1.165) is 11.3 Å². The molecule has 0 unspecified atom stereocenters. The normalized spacial score (nSPS) is 11.0. The maximum Gasteiger partial charge on any atom is 0.243 e. The second-order valence-electron chi connectivity index (χ2n) is 5.59. The molecule has 1 amide bonds. The fourth-order valence-corrected chi connectivity index (χ4v) is 1.75. The Morgan fingerprint density at radius 1 is 1.14 bits per heavy atom. The van der Waals surface area contributed by atoms with Crippen LogP contribution < -0.4 is 15.8 Å². The highest BCUT2D eigenvalue weighted by molar-refractivity contribution is 5.98. The van der Waals surface area contributed by atoms with Crippen molar-refractivity contribution >= 4 is 11.6 Å². The van der Waals surface area contributed by atoms with Crippen LogP contribution in [0.15, 0.2) is 48.5 Å². The van der Waals surface area contributed by atoms with Crippen molar-refractivity contribution in [2.45, 2.75) is 26.3 Å². The smallest absolute Gasteiger partial charge is 0.243 e. The largest absolute Gasteiger partial charge is 0.455 e. The Morgan fingerprint density at radius 3 is 2.52 bits per heavy atom. The van der Waals surface area contributed by atoms with Gasteiger partial charge in [-0.2, -0.15) is 0 Å². The summed E-state index contributed by atoms with van der Waals surface area (Å²) in [4.78, 5) is 12.0. The number of nitrogens with two attached hydrogens (primary N) is 1. The summed E-state index contributed by atoms with van der Waals surface area (Å²) in [6, 6.07) is 15.0. The van der Waals surface area contributed by atoms with Crippen molar-refractivity contribution < 1.29 is 9.53 Å². The van der Waals surface area contributed by atoms with Gasteiger partial charge in [-0.15, -0.1) is 0 Å². The molecule has 110 valence electrons. The zero-order valence-corrected chi connectivity index (χ0v) is 12.5. The molecule has 0 bridgehead atoms. The van der Waals surface area contributed by atoms with Gasteiger partial charge in [0.05, 0.1) is 11.2 Å². The molecule has 0 aromatic heterocycles. The molecule has 2 aromatic rings. The molecular weight excluding hydrogens is 264 g/mol. The van der Waals surface area contributed by atoms with Crippen molar-refractivity contribution in [2.75, 3.05) is 5.32 Å². The van der Waals surface area contributed by atoms with E-state index in [1.165, 1.54) is 0 Å². The maximum absolute atomic E-state index is 12.0. The Labute approximate surface area is 124 Å². The maximum atomic E-state index is 12.0. The molecule has 0 saturated carbocycles. The van der Waals surface area contributed by atoms with Gasteiger partial charge in [0.25, 0.3) is 0 Å². The van der Waals surface area contributed by atoms with Crippen molar-refractivity contribution in [1.82, 2.24) is 0 Å². The molecule has 0 atom stereocenters. The lowest BCUT2D eigenvalue weighted by Gasteiger charge is -2.19. The van der Waals surface area contributed by atoms with Crippen LogP contribution in [0.3, 0.4) is 0 Å². The van der Waals surface area contributed by atoms with Gasteiger partial charge in [-0.25, -0.2) is 0 Å². The Morgan fingerprint density at radius 2 is 1.86 bits per heavy atom. The number of hydrogen-bond donors (Lipinski definition) is 2. The highest BCUT2D eigenvalue weighted by Crippen LogP contribution is 2.30. The number of nitrogens with one attached hydrogen (secondary N) is 1. The predicted molar refractivity (Wildman–Crippen MR) is 84.6 cm³/mol. The standard InChI is InChI=1S/C17H20N2O2/c1-12-7-6-8-13(11-12)21-15-10-5-4-9-14(15)19-16(20)17(2,3)18/h4-11H,18H2,1-3H3,(H,19,20). The predicted octanol–water partition coefficient (Wildman–Crippen LogP) is 3.46. The van der Waals surface area contributed by atoms with Gasteiger partial charge in [0, 0.05) is 0 Å². The molecule has 0 spiro atoms. The number of ether oxygens (including phenoxy) is 1. The molecule has 0 aliphatic carbocycles. The molecule has 0 saturated heterocycles. The third-order valence-corrected chi connectivity index (χ3v) is 2.94. The fraction of sp³-hybridized carbons (Fsp3) is 0.235. The summed E-state index contributed by atoms with van der Waals surface area (Å²) in [5.41, 5.74) is 6.56. The second kappa shape index (κ2) is 5.97. The van der Waals surface area contributed by atoms with Gasteiger partial charge < -0.3 is 15.8 Å². The van der Waals surface area contributed by atoms with Gasteiger partial charge in [0.2, 0.25) is 5.91 Å². The number of carbonyl (C=O) groups is 1. The molecule has 2 rings (SSSR count). The average Bonchev–Trinajstić information content (AvgIpc) is 2.40. The first-order chi connectivity index (χ1) is 9.86. The van der Waals surface area contributed by atoms with Gasteiger partial charge in [-0.1, -0.05) is 24.3 Å². The Kier molecular flexibility index (Phi) is 4.29. The molecule has 0 heterocycles. The average molecular weight is 284 g/mol. The SMILES string of the molecule is Cc1cccc(Oc2ccccc2NC(=O)C(C)(C)N)c1. The summed E-state index contributed by atoms with van der Waals surface area (Å²) in [6.07, 6.45) is 0. The molecule has 4 nitrogen and oxygen atoms in total. The first-order valence-electron chi connectivity index (χ1n) is 6.80. The molecular formula is C17H20N2O2. The monoisotopic (exact) mass is 284 g/mol. The minimum absolute atomic E-state index is 0.261. The van der Waals surface area contributed by atoms with Gasteiger partial charge >= 0.3 is 0 Å². The fourth-order valence-electron chi connectivity index (χ4n) is 1.75. The topological polar surface area (TPSA) is 64.3 Å².